The van der Waals surface area contributed by atoms with Gasteiger partial charge in [-0.2, -0.15) is 0 Å². The average Bonchev–Trinajstić information content (AvgIpc) is 2.25. The van der Waals surface area contributed by atoms with Crippen LogP contribution in [-0.2, 0) is 16.3 Å². The predicted octanol–water partition coefficient (Wildman–Crippen LogP) is 1.04. The lowest BCUT2D eigenvalue weighted by molar-refractivity contribution is -0.210. The van der Waals surface area contributed by atoms with Gasteiger partial charge >= 0.3 is 5.97 Å². The van der Waals surface area contributed by atoms with Gasteiger partial charge in [-0.1, -0.05) is 0 Å². The Morgan fingerprint density at radius 1 is 1.47 bits per heavy atom. The van der Waals surface area contributed by atoms with Gasteiger partial charge in [0.2, 0.25) is 0 Å². The quantitative estimate of drug-likeness (QED) is 0.596. The third kappa shape index (κ3) is 3.14. The van der Waals surface area contributed by atoms with Crippen LogP contribution >= 0.6 is 0 Å². The highest BCUT2D eigenvalue weighted by molar-refractivity contribution is 5.65. The molecule has 0 heterocycles. The maximum Gasteiger partial charge on any atom is 0.352 e. The van der Waals surface area contributed by atoms with Crippen molar-refractivity contribution in [3.8, 4) is 11.5 Å². The van der Waals surface area contributed by atoms with E-state index in [-0.39, 0.29) is 6.61 Å². The van der Waals surface area contributed by atoms with Crippen LogP contribution in [0.2, 0.25) is 0 Å². The Hall–Kier alpha value is -1.75. The van der Waals surface area contributed by atoms with Crippen molar-refractivity contribution in [3.63, 3.8) is 0 Å². The zero-order chi connectivity index (χ0) is 11.3. The van der Waals surface area contributed by atoms with E-state index in [0.29, 0.717) is 17.1 Å². The smallest absolute Gasteiger partial charge is 0.352 e. The molecule has 0 amide bonds. The molecule has 0 radical (unpaired) electrons. The summed E-state index contributed by atoms with van der Waals surface area (Å²) < 4.78 is 5.00. The van der Waals surface area contributed by atoms with E-state index in [2.05, 4.69) is 4.89 Å². The summed E-state index contributed by atoms with van der Waals surface area (Å²) >= 11 is 0. The van der Waals surface area contributed by atoms with Crippen LogP contribution in [0.15, 0.2) is 18.2 Å². The number of rotatable bonds is 4. The number of carbonyl (C=O) groups is 1. The van der Waals surface area contributed by atoms with Gasteiger partial charge in [-0.3, -0.25) is 9.78 Å². The Morgan fingerprint density at radius 2 is 2.20 bits per heavy atom. The van der Waals surface area contributed by atoms with Gasteiger partial charge in [-0.25, -0.2) is 4.79 Å². The lowest BCUT2D eigenvalue weighted by atomic mass is 10.2. The van der Waals surface area contributed by atoms with Crippen LogP contribution in [-0.4, -0.2) is 18.2 Å². The number of hydrogen-bond acceptors (Lipinski definition) is 5. The van der Waals surface area contributed by atoms with Crippen LogP contribution in [0.1, 0.15) is 12.5 Å². The van der Waals surface area contributed by atoms with E-state index in [1.54, 1.807) is 12.1 Å². The third-order valence-corrected chi connectivity index (χ3v) is 1.68. The number of methoxy groups -OCH3 is 1. The standard InChI is InChI=1S/C10H12O5/c1-7(12)14-15-9-4-3-8(6-11)10(5-9)13-2/h3-5,11H,6H2,1-2H3. The molecule has 82 valence electrons. The first-order valence-electron chi connectivity index (χ1n) is 4.30. The van der Waals surface area contributed by atoms with E-state index in [4.69, 9.17) is 14.7 Å². The second-order valence-corrected chi connectivity index (χ2v) is 2.79. The SMILES string of the molecule is COc1cc(OOC(C)=O)ccc1CO. The van der Waals surface area contributed by atoms with E-state index in [0.717, 1.165) is 0 Å². The molecule has 0 aliphatic rings. The molecule has 0 fully saturated rings. The van der Waals surface area contributed by atoms with Crippen molar-refractivity contribution in [3.05, 3.63) is 23.8 Å². The van der Waals surface area contributed by atoms with Crippen LogP contribution < -0.4 is 9.62 Å². The first-order valence-corrected chi connectivity index (χ1v) is 4.30. The minimum absolute atomic E-state index is 0.128. The molecule has 0 saturated carbocycles. The summed E-state index contributed by atoms with van der Waals surface area (Å²) in [7, 11) is 1.48. The number of benzene rings is 1. The molecule has 0 atom stereocenters. The van der Waals surface area contributed by atoms with Gasteiger partial charge in [0, 0.05) is 18.6 Å². The number of carbonyl (C=O) groups excluding carboxylic acids is 1. The first kappa shape index (κ1) is 11.3. The van der Waals surface area contributed by atoms with Crippen molar-refractivity contribution < 1.29 is 24.4 Å². The van der Waals surface area contributed by atoms with Gasteiger partial charge in [0.05, 0.1) is 13.7 Å². The normalized spacial score (nSPS) is 9.53. The Bertz CT molecular complexity index is 348. The summed E-state index contributed by atoms with van der Waals surface area (Å²) in [5.74, 6) is 0.265. The topological polar surface area (TPSA) is 65.0 Å². The lowest BCUT2D eigenvalue weighted by Gasteiger charge is -2.08. The molecule has 15 heavy (non-hydrogen) atoms. The largest absolute Gasteiger partial charge is 0.496 e. The predicted molar refractivity (Wildman–Crippen MR) is 51.3 cm³/mol. The zero-order valence-corrected chi connectivity index (χ0v) is 8.52. The van der Waals surface area contributed by atoms with Gasteiger partial charge < -0.3 is 9.84 Å². The van der Waals surface area contributed by atoms with Crippen molar-refractivity contribution >= 4 is 5.97 Å². The Kier molecular flexibility index (Phi) is 3.93. The monoisotopic (exact) mass is 212 g/mol. The van der Waals surface area contributed by atoms with Gasteiger partial charge in [0.25, 0.3) is 0 Å². The van der Waals surface area contributed by atoms with Gasteiger partial charge in [0.1, 0.15) is 5.75 Å². The van der Waals surface area contributed by atoms with E-state index in [1.165, 1.54) is 20.1 Å². The van der Waals surface area contributed by atoms with Crippen LogP contribution in [0.4, 0.5) is 0 Å². The molecular weight excluding hydrogens is 200 g/mol. The first-order chi connectivity index (χ1) is 7.17. The molecule has 0 unspecified atom stereocenters. The highest BCUT2D eigenvalue weighted by Gasteiger charge is 2.05. The van der Waals surface area contributed by atoms with Crippen molar-refractivity contribution in [2.75, 3.05) is 7.11 Å². The molecule has 1 rings (SSSR count). The molecule has 0 aromatic heterocycles. The van der Waals surface area contributed by atoms with Crippen molar-refractivity contribution in [2.24, 2.45) is 0 Å². The molecule has 0 aliphatic carbocycles. The molecule has 1 N–H and O–H groups in total. The Morgan fingerprint density at radius 3 is 2.73 bits per heavy atom. The fourth-order valence-electron chi connectivity index (χ4n) is 1.01. The van der Waals surface area contributed by atoms with Crippen molar-refractivity contribution in [1.29, 1.82) is 0 Å². The minimum atomic E-state index is -0.541. The van der Waals surface area contributed by atoms with E-state index in [1.807, 2.05) is 0 Å². The van der Waals surface area contributed by atoms with Crippen molar-refractivity contribution in [2.45, 2.75) is 13.5 Å². The molecule has 0 spiro atoms. The van der Waals surface area contributed by atoms with Gasteiger partial charge in [-0.15, -0.1) is 0 Å². The van der Waals surface area contributed by atoms with E-state index >= 15 is 0 Å². The maximum atomic E-state index is 10.5. The molecule has 0 bridgehead atoms. The highest BCUT2D eigenvalue weighted by Crippen LogP contribution is 2.24. The van der Waals surface area contributed by atoms with Crippen LogP contribution in [0.5, 0.6) is 11.5 Å². The molecule has 5 nitrogen and oxygen atoms in total. The molecular formula is C10H12O5. The van der Waals surface area contributed by atoms with Crippen LogP contribution in [0, 0.1) is 0 Å². The Labute approximate surface area is 87.1 Å². The molecule has 1 aromatic carbocycles. The second-order valence-electron chi connectivity index (χ2n) is 2.79. The maximum absolute atomic E-state index is 10.5. The van der Waals surface area contributed by atoms with Crippen LogP contribution in [0.25, 0.3) is 0 Å². The summed E-state index contributed by atoms with van der Waals surface area (Å²) in [4.78, 5) is 19.5. The van der Waals surface area contributed by atoms with E-state index < -0.39 is 5.97 Å². The number of hydrogen-bond donors (Lipinski definition) is 1. The van der Waals surface area contributed by atoms with E-state index in [9.17, 15) is 4.79 Å². The molecule has 0 aliphatic heterocycles. The zero-order valence-electron chi connectivity index (χ0n) is 8.52. The van der Waals surface area contributed by atoms with Gasteiger partial charge in [0.15, 0.2) is 5.75 Å². The fraction of sp³-hybridized carbons (Fsp3) is 0.300. The lowest BCUT2D eigenvalue weighted by Crippen LogP contribution is -2.03. The molecule has 1 aromatic rings. The minimum Gasteiger partial charge on any atom is -0.496 e. The summed E-state index contributed by atoms with van der Waals surface area (Å²) in [5.41, 5.74) is 0.632. The Balaban J connectivity index is 2.78. The molecule has 0 saturated heterocycles. The highest BCUT2D eigenvalue weighted by atomic mass is 17.2. The number of ether oxygens (including phenoxy) is 1. The summed E-state index contributed by atoms with van der Waals surface area (Å²) in [6.45, 7) is 1.11. The summed E-state index contributed by atoms with van der Waals surface area (Å²) in [5, 5.41) is 8.95. The summed E-state index contributed by atoms with van der Waals surface area (Å²) in [6, 6.07) is 4.71. The fourth-order valence-corrected chi connectivity index (χ4v) is 1.01. The van der Waals surface area contributed by atoms with Crippen molar-refractivity contribution in [1.82, 2.24) is 0 Å². The summed E-state index contributed by atoms with van der Waals surface area (Å²) in [6.07, 6.45) is 0. The average molecular weight is 212 g/mol. The van der Waals surface area contributed by atoms with Crippen LogP contribution in [0.3, 0.4) is 0 Å². The second kappa shape index (κ2) is 5.21. The van der Waals surface area contributed by atoms with Gasteiger partial charge in [-0.05, 0) is 12.1 Å². The number of aliphatic hydroxyl groups is 1. The number of aliphatic hydroxyl groups excluding tert-OH is 1. The third-order valence-electron chi connectivity index (χ3n) is 1.68. The molecule has 5 heteroatoms.